The van der Waals surface area contributed by atoms with Crippen LogP contribution >= 0.6 is 11.8 Å². The lowest BCUT2D eigenvalue weighted by molar-refractivity contribution is -0.140. The van der Waals surface area contributed by atoms with Crippen molar-refractivity contribution in [1.82, 2.24) is 4.31 Å². The molecule has 0 amide bonds. The average molecular weight is 343 g/mol. The van der Waals surface area contributed by atoms with Crippen molar-refractivity contribution in [2.24, 2.45) is 0 Å². The molecule has 0 aliphatic carbocycles. The van der Waals surface area contributed by atoms with E-state index in [9.17, 15) is 21.6 Å². The lowest BCUT2D eigenvalue weighted by Gasteiger charge is -2.35. The summed E-state index contributed by atoms with van der Waals surface area (Å²) < 4.78 is 48.8. The second-order valence-electron chi connectivity index (χ2n) is 4.94. The van der Waals surface area contributed by atoms with Crippen LogP contribution in [-0.4, -0.2) is 73.1 Å². The molecule has 2 fully saturated rings. The fourth-order valence-electron chi connectivity index (χ4n) is 2.45. The van der Waals surface area contributed by atoms with E-state index in [0.717, 1.165) is 4.31 Å². The summed E-state index contributed by atoms with van der Waals surface area (Å²) >= 11 is 1.41. The van der Waals surface area contributed by atoms with Gasteiger partial charge in [-0.15, -0.1) is 0 Å². The number of aliphatic carboxylic acids is 1. The van der Waals surface area contributed by atoms with Gasteiger partial charge in [0.1, 0.15) is 15.9 Å². The molecule has 0 spiro atoms. The molecule has 0 aromatic rings. The Balaban J connectivity index is 2.19. The third-order valence-electron chi connectivity index (χ3n) is 3.61. The van der Waals surface area contributed by atoms with Gasteiger partial charge in [-0.3, -0.25) is 4.79 Å². The Morgan fingerprint density at radius 3 is 2.40 bits per heavy atom. The van der Waals surface area contributed by atoms with Gasteiger partial charge < -0.3 is 5.11 Å². The monoisotopic (exact) mass is 343 g/mol. The van der Waals surface area contributed by atoms with Gasteiger partial charge in [0.15, 0.2) is 0 Å². The Bertz CT molecular complexity index is 570. The molecular weight excluding hydrogens is 326 g/mol. The Labute approximate surface area is 122 Å². The van der Waals surface area contributed by atoms with Gasteiger partial charge in [0.25, 0.3) is 0 Å². The molecule has 20 heavy (non-hydrogen) atoms. The molecule has 2 aliphatic heterocycles. The minimum Gasteiger partial charge on any atom is -0.480 e. The molecule has 0 saturated carbocycles. The van der Waals surface area contributed by atoms with Gasteiger partial charge in [-0.1, -0.05) is 0 Å². The zero-order valence-corrected chi connectivity index (χ0v) is 13.2. The van der Waals surface area contributed by atoms with Crippen LogP contribution in [0.1, 0.15) is 12.8 Å². The first-order valence-corrected chi connectivity index (χ1v) is 10.7. The van der Waals surface area contributed by atoms with Crippen LogP contribution in [0.3, 0.4) is 0 Å². The summed E-state index contributed by atoms with van der Waals surface area (Å²) in [7, 11) is -6.89. The first-order chi connectivity index (χ1) is 9.24. The molecule has 1 atom stereocenters. The largest absolute Gasteiger partial charge is 0.480 e. The van der Waals surface area contributed by atoms with E-state index in [1.54, 1.807) is 0 Å². The number of rotatable bonds is 3. The van der Waals surface area contributed by atoms with Crippen molar-refractivity contribution in [1.29, 1.82) is 0 Å². The van der Waals surface area contributed by atoms with Crippen molar-refractivity contribution in [2.45, 2.75) is 24.1 Å². The van der Waals surface area contributed by atoms with Gasteiger partial charge in [-0.05, 0) is 12.8 Å². The summed E-state index contributed by atoms with van der Waals surface area (Å²) in [5.74, 6) is -0.633. The van der Waals surface area contributed by atoms with Gasteiger partial charge in [-0.25, -0.2) is 16.8 Å². The fraction of sp³-hybridized carbons (Fsp3) is 0.900. The normalized spacial score (nSPS) is 29.1. The number of sulfone groups is 1. The van der Waals surface area contributed by atoms with E-state index < -0.39 is 37.1 Å². The average Bonchev–Trinajstić information content (AvgIpc) is 2.38. The summed E-state index contributed by atoms with van der Waals surface area (Å²) in [5, 5.41) is 8.36. The third-order valence-corrected chi connectivity index (χ3v) is 8.76. The number of hydrogen-bond acceptors (Lipinski definition) is 6. The van der Waals surface area contributed by atoms with E-state index in [2.05, 4.69) is 0 Å². The molecule has 7 nitrogen and oxygen atoms in total. The second kappa shape index (κ2) is 5.82. The van der Waals surface area contributed by atoms with Crippen molar-refractivity contribution in [3.8, 4) is 0 Å². The summed E-state index contributed by atoms with van der Waals surface area (Å²) in [5.41, 5.74) is 0. The van der Waals surface area contributed by atoms with Crippen molar-refractivity contribution in [3.63, 3.8) is 0 Å². The van der Waals surface area contributed by atoms with Gasteiger partial charge in [0, 0.05) is 18.1 Å². The fourth-order valence-corrected chi connectivity index (χ4v) is 7.56. The van der Waals surface area contributed by atoms with E-state index in [1.165, 1.54) is 11.8 Å². The molecule has 0 aromatic carbocycles. The smallest absolute Gasteiger partial charge is 0.322 e. The third kappa shape index (κ3) is 3.29. The zero-order chi connectivity index (χ0) is 15.0. The Morgan fingerprint density at radius 1 is 1.25 bits per heavy atom. The molecule has 10 heteroatoms. The minimum absolute atomic E-state index is 0.0562. The maximum atomic E-state index is 12.5. The second-order valence-corrected chi connectivity index (χ2v) is 10.6. The van der Waals surface area contributed by atoms with E-state index in [0.29, 0.717) is 5.75 Å². The lowest BCUT2D eigenvalue weighted by Crippen LogP contribution is -2.54. The quantitative estimate of drug-likeness (QED) is 0.728. The molecular formula is C10H17NO6S3. The molecule has 116 valence electrons. The molecule has 2 heterocycles. The minimum atomic E-state index is -3.75. The van der Waals surface area contributed by atoms with Crippen molar-refractivity contribution < 1.29 is 26.7 Å². The number of hydrogen-bond donors (Lipinski definition) is 1. The van der Waals surface area contributed by atoms with E-state index in [4.69, 9.17) is 5.11 Å². The SMILES string of the molecule is O=C(O)C1CSCCN1S(=O)(=O)C1CCS(=O)(=O)CC1. The number of carboxylic acid groups (broad SMARTS) is 1. The van der Waals surface area contributed by atoms with E-state index >= 15 is 0 Å². The number of sulfonamides is 1. The van der Waals surface area contributed by atoms with Crippen molar-refractivity contribution in [3.05, 3.63) is 0 Å². The number of carbonyl (C=O) groups is 1. The standard InChI is InChI=1S/C10H17NO6S3/c12-10(13)9-7-18-4-3-11(9)20(16,17)8-1-5-19(14,15)6-2-8/h8-9H,1-7H2,(H,12,13). The molecule has 0 radical (unpaired) electrons. The van der Waals surface area contributed by atoms with Crippen LogP contribution in [0, 0.1) is 0 Å². The zero-order valence-electron chi connectivity index (χ0n) is 10.8. The van der Waals surface area contributed by atoms with Crippen molar-refractivity contribution in [2.75, 3.05) is 29.6 Å². The summed E-state index contributed by atoms with van der Waals surface area (Å²) in [4.78, 5) is 11.2. The molecule has 2 rings (SSSR count). The van der Waals surface area contributed by atoms with Gasteiger partial charge >= 0.3 is 5.97 Å². The van der Waals surface area contributed by atoms with Gasteiger partial charge in [0.05, 0.1) is 16.8 Å². The highest BCUT2D eigenvalue weighted by molar-refractivity contribution is 7.99. The first kappa shape index (κ1) is 16.1. The molecule has 2 saturated heterocycles. The Hall–Kier alpha value is -0.320. The highest BCUT2D eigenvalue weighted by Crippen LogP contribution is 2.27. The number of nitrogens with zero attached hydrogens (tertiary/aromatic N) is 1. The van der Waals surface area contributed by atoms with Crippen LogP contribution in [0.5, 0.6) is 0 Å². The summed E-state index contributed by atoms with van der Waals surface area (Å²) in [6, 6.07) is -1.04. The van der Waals surface area contributed by atoms with E-state index in [-0.39, 0.29) is 36.6 Å². The Morgan fingerprint density at radius 2 is 1.85 bits per heavy atom. The first-order valence-electron chi connectivity index (χ1n) is 6.26. The van der Waals surface area contributed by atoms with Crippen LogP contribution in [0.2, 0.25) is 0 Å². The van der Waals surface area contributed by atoms with Crippen LogP contribution in [-0.2, 0) is 24.7 Å². The van der Waals surface area contributed by atoms with Gasteiger partial charge in [0.2, 0.25) is 10.0 Å². The molecule has 0 bridgehead atoms. The lowest BCUT2D eigenvalue weighted by atomic mass is 10.2. The Kier molecular flexibility index (Phi) is 4.67. The summed E-state index contributed by atoms with van der Waals surface area (Å²) in [6.07, 6.45) is 0.112. The molecule has 1 N–H and O–H groups in total. The molecule has 2 aliphatic rings. The van der Waals surface area contributed by atoms with E-state index in [1.807, 2.05) is 0 Å². The van der Waals surface area contributed by atoms with Crippen LogP contribution in [0.25, 0.3) is 0 Å². The number of thioether (sulfide) groups is 1. The van der Waals surface area contributed by atoms with Crippen LogP contribution in [0.15, 0.2) is 0 Å². The predicted molar refractivity (Wildman–Crippen MR) is 76.1 cm³/mol. The maximum absolute atomic E-state index is 12.5. The molecule has 0 aromatic heterocycles. The molecule has 1 unspecified atom stereocenters. The van der Waals surface area contributed by atoms with Gasteiger partial charge in [-0.2, -0.15) is 16.1 Å². The highest BCUT2D eigenvalue weighted by Gasteiger charge is 2.42. The summed E-state index contributed by atoms with van der Waals surface area (Å²) in [6.45, 7) is 0.174. The highest BCUT2D eigenvalue weighted by atomic mass is 32.2. The van der Waals surface area contributed by atoms with Crippen LogP contribution < -0.4 is 0 Å². The number of carboxylic acids is 1. The topological polar surface area (TPSA) is 109 Å². The van der Waals surface area contributed by atoms with Crippen molar-refractivity contribution >= 4 is 37.6 Å². The predicted octanol–water partition coefficient (Wildman–Crippen LogP) is -0.605. The van der Waals surface area contributed by atoms with Crippen LogP contribution in [0.4, 0.5) is 0 Å². The maximum Gasteiger partial charge on any atom is 0.322 e.